The van der Waals surface area contributed by atoms with E-state index in [1.165, 1.54) is 28.7 Å². The maximum absolute atomic E-state index is 12.0. The Balaban J connectivity index is 2.17. The van der Waals surface area contributed by atoms with E-state index >= 15 is 0 Å². The van der Waals surface area contributed by atoms with Crippen molar-refractivity contribution in [2.75, 3.05) is 0 Å². The second kappa shape index (κ2) is 4.40. The van der Waals surface area contributed by atoms with Gasteiger partial charge >= 0.3 is 0 Å². The van der Waals surface area contributed by atoms with Crippen LogP contribution in [-0.4, -0.2) is 5.78 Å². The van der Waals surface area contributed by atoms with E-state index in [9.17, 15) is 4.79 Å². The maximum Gasteiger partial charge on any atom is 0.140 e. The molecule has 1 aromatic carbocycles. The molecule has 86 valence electrons. The van der Waals surface area contributed by atoms with Gasteiger partial charge in [0, 0.05) is 12.3 Å². The number of carbonyl (C=O) groups is 1. The third-order valence-electron chi connectivity index (χ3n) is 3.75. The lowest BCUT2D eigenvalue weighted by molar-refractivity contribution is -0.124. The van der Waals surface area contributed by atoms with Crippen molar-refractivity contribution in [3.05, 3.63) is 34.4 Å². The highest BCUT2D eigenvalue weighted by atomic mass is 16.1. The van der Waals surface area contributed by atoms with Crippen LogP contribution >= 0.6 is 0 Å². The molecule has 0 bridgehead atoms. The van der Waals surface area contributed by atoms with Crippen molar-refractivity contribution >= 4 is 5.78 Å². The average molecular weight is 216 g/mol. The van der Waals surface area contributed by atoms with Crippen molar-refractivity contribution in [2.24, 2.45) is 5.92 Å². The molecule has 1 aromatic rings. The molecule has 0 saturated heterocycles. The highest BCUT2D eigenvalue weighted by molar-refractivity contribution is 5.84. The Bertz CT molecular complexity index is 390. The molecule has 0 atom stereocenters. The quantitative estimate of drug-likeness (QED) is 0.755. The Labute approximate surface area is 97.9 Å². The molecule has 0 amide bonds. The summed E-state index contributed by atoms with van der Waals surface area (Å²) in [7, 11) is 0. The number of aryl methyl sites for hydroxylation is 3. The predicted octanol–water partition coefficient (Wildman–Crippen LogP) is 3.52. The minimum atomic E-state index is 0.361. The lowest BCUT2D eigenvalue weighted by Crippen LogP contribution is -2.24. The van der Waals surface area contributed by atoms with Gasteiger partial charge in [-0.1, -0.05) is 24.1 Å². The second-order valence-corrected chi connectivity index (χ2v) is 5.15. The van der Waals surface area contributed by atoms with E-state index in [0.717, 1.165) is 12.8 Å². The molecule has 1 heteroatoms. The number of hydrogen-bond donors (Lipinski definition) is 0. The Morgan fingerprint density at radius 2 is 1.75 bits per heavy atom. The van der Waals surface area contributed by atoms with Crippen LogP contribution < -0.4 is 0 Å². The van der Waals surface area contributed by atoms with E-state index in [-0.39, 0.29) is 0 Å². The molecular weight excluding hydrogens is 196 g/mol. The fraction of sp³-hybridized carbons (Fsp3) is 0.533. The van der Waals surface area contributed by atoms with E-state index in [1.807, 2.05) is 0 Å². The summed E-state index contributed by atoms with van der Waals surface area (Å²) in [6.07, 6.45) is 4.11. The average Bonchev–Trinajstić information content (AvgIpc) is 2.08. The minimum absolute atomic E-state index is 0.361. The molecule has 0 heterocycles. The maximum atomic E-state index is 12.0. The van der Waals surface area contributed by atoms with Crippen molar-refractivity contribution < 1.29 is 4.79 Å². The van der Waals surface area contributed by atoms with Crippen LogP contribution in [0.1, 0.15) is 41.5 Å². The van der Waals surface area contributed by atoms with Crippen molar-refractivity contribution in [2.45, 2.75) is 46.5 Å². The monoisotopic (exact) mass is 216 g/mol. The van der Waals surface area contributed by atoms with E-state index < -0.39 is 0 Å². The summed E-state index contributed by atoms with van der Waals surface area (Å²) in [6, 6.07) is 4.35. The first-order chi connectivity index (χ1) is 7.58. The molecule has 0 spiro atoms. The van der Waals surface area contributed by atoms with Crippen molar-refractivity contribution in [1.82, 2.24) is 0 Å². The summed E-state index contributed by atoms with van der Waals surface area (Å²) in [6.45, 7) is 6.34. The zero-order valence-electron chi connectivity index (χ0n) is 10.5. The Hall–Kier alpha value is -1.11. The highest BCUT2D eigenvalue weighted by Gasteiger charge is 2.25. The normalized spacial score (nSPS) is 15.9. The fourth-order valence-electron chi connectivity index (χ4n) is 2.54. The van der Waals surface area contributed by atoms with Crippen LogP contribution in [0.4, 0.5) is 0 Å². The van der Waals surface area contributed by atoms with Crippen LogP contribution in [0, 0.1) is 26.7 Å². The first kappa shape index (κ1) is 11.4. The van der Waals surface area contributed by atoms with Gasteiger partial charge in [-0.3, -0.25) is 4.79 Å². The van der Waals surface area contributed by atoms with Gasteiger partial charge < -0.3 is 0 Å². The van der Waals surface area contributed by atoms with Gasteiger partial charge in [-0.15, -0.1) is 0 Å². The largest absolute Gasteiger partial charge is 0.299 e. The van der Waals surface area contributed by atoms with Gasteiger partial charge in [0.1, 0.15) is 5.78 Å². The summed E-state index contributed by atoms with van der Waals surface area (Å²) >= 11 is 0. The van der Waals surface area contributed by atoms with Gasteiger partial charge in [0.25, 0.3) is 0 Å². The Morgan fingerprint density at radius 3 is 2.19 bits per heavy atom. The molecule has 16 heavy (non-hydrogen) atoms. The van der Waals surface area contributed by atoms with Gasteiger partial charge in [0.05, 0.1) is 0 Å². The lowest BCUT2D eigenvalue weighted by Gasteiger charge is -2.24. The van der Waals surface area contributed by atoms with Crippen LogP contribution in [-0.2, 0) is 11.2 Å². The van der Waals surface area contributed by atoms with Crippen molar-refractivity contribution in [3.63, 3.8) is 0 Å². The standard InChI is InChI=1S/C15H20O/c1-10-7-11(2)14(12(3)8-10)9-15(16)13-5-4-6-13/h7-8,13H,4-6,9H2,1-3H3. The molecule has 0 aromatic heterocycles. The van der Waals surface area contributed by atoms with E-state index in [0.29, 0.717) is 18.1 Å². The van der Waals surface area contributed by atoms with Gasteiger partial charge in [0.2, 0.25) is 0 Å². The zero-order chi connectivity index (χ0) is 11.7. The van der Waals surface area contributed by atoms with E-state index in [1.54, 1.807) is 0 Å². The molecule has 0 radical (unpaired) electrons. The zero-order valence-corrected chi connectivity index (χ0v) is 10.5. The molecule has 2 rings (SSSR count). The SMILES string of the molecule is Cc1cc(C)c(CC(=O)C2CCC2)c(C)c1. The molecular formula is C15H20O. The number of rotatable bonds is 3. The summed E-state index contributed by atoms with van der Waals surface area (Å²) in [5, 5.41) is 0. The first-order valence-electron chi connectivity index (χ1n) is 6.17. The topological polar surface area (TPSA) is 17.1 Å². The number of ketones is 1. The Morgan fingerprint density at radius 1 is 1.19 bits per heavy atom. The molecule has 0 aliphatic heterocycles. The van der Waals surface area contributed by atoms with Crippen LogP contribution in [0.5, 0.6) is 0 Å². The molecule has 1 aliphatic carbocycles. The number of hydrogen-bond acceptors (Lipinski definition) is 1. The molecule has 1 fully saturated rings. The minimum Gasteiger partial charge on any atom is -0.299 e. The summed E-state index contributed by atoms with van der Waals surface area (Å²) < 4.78 is 0. The smallest absolute Gasteiger partial charge is 0.140 e. The molecule has 1 aliphatic rings. The van der Waals surface area contributed by atoms with Gasteiger partial charge in [-0.2, -0.15) is 0 Å². The van der Waals surface area contributed by atoms with E-state index in [2.05, 4.69) is 32.9 Å². The first-order valence-corrected chi connectivity index (χ1v) is 6.17. The second-order valence-electron chi connectivity index (χ2n) is 5.15. The highest BCUT2D eigenvalue weighted by Crippen LogP contribution is 2.29. The molecule has 0 unspecified atom stereocenters. The third-order valence-corrected chi connectivity index (χ3v) is 3.75. The number of carbonyl (C=O) groups excluding carboxylic acids is 1. The summed E-state index contributed by atoms with van der Waals surface area (Å²) in [5.74, 6) is 0.807. The van der Waals surface area contributed by atoms with Gasteiger partial charge in [-0.05, 0) is 50.3 Å². The summed E-state index contributed by atoms with van der Waals surface area (Å²) in [5.41, 5.74) is 5.08. The molecule has 1 saturated carbocycles. The fourth-order valence-corrected chi connectivity index (χ4v) is 2.54. The van der Waals surface area contributed by atoms with Crippen LogP contribution in [0.15, 0.2) is 12.1 Å². The summed E-state index contributed by atoms with van der Waals surface area (Å²) in [4.78, 5) is 12.0. The van der Waals surface area contributed by atoms with Crippen LogP contribution in [0.3, 0.4) is 0 Å². The van der Waals surface area contributed by atoms with Crippen LogP contribution in [0.2, 0.25) is 0 Å². The lowest BCUT2D eigenvalue weighted by atomic mass is 9.79. The number of Topliss-reactive ketones (excluding diaryl/α,β-unsaturated/α-hetero) is 1. The van der Waals surface area contributed by atoms with Gasteiger partial charge in [-0.25, -0.2) is 0 Å². The van der Waals surface area contributed by atoms with E-state index in [4.69, 9.17) is 0 Å². The molecule has 1 nitrogen and oxygen atoms in total. The number of benzene rings is 1. The predicted molar refractivity (Wildman–Crippen MR) is 66.7 cm³/mol. The van der Waals surface area contributed by atoms with Crippen molar-refractivity contribution in [3.8, 4) is 0 Å². The van der Waals surface area contributed by atoms with Crippen molar-refractivity contribution in [1.29, 1.82) is 0 Å². The van der Waals surface area contributed by atoms with Crippen LogP contribution in [0.25, 0.3) is 0 Å². The Kier molecular flexibility index (Phi) is 3.13. The third kappa shape index (κ3) is 2.18. The molecule has 0 N–H and O–H groups in total. The van der Waals surface area contributed by atoms with Gasteiger partial charge in [0.15, 0.2) is 0 Å².